The normalized spacial score (nSPS) is 14.7. The van der Waals surface area contributed by atoms with Crippen LogP contribution in [0.1, 0.15) is 36.6 Å². The average Bonchev–Trinajstić information content (AvgIpc) is 2.98. The molecule has 1 heterocycles. The fourth-order valence-electron chi connectivity index (χ4n) is 3.02. The molecule has 1 aromatic carbocycles. The molecule has 0 atom stereocenters. The first-order valence-electron chi connectivity index (χ1n) is 8.22. The number of sulfonamides is 1. The van der Waals surface area contributed by atoms with Crippen LogP contribution in [-0.2, 0) is 35.8 Å². The SMILES string of the molecule is CCc1ccc(S(=O)(=O)NCCn2ncc3c2CCCC3)cc1. The average molecular weight is 333 g/mol. The third-order valence-corrected chi connectivity index (χ3v) is 5.88. The third kappa shape index (κ3) is 3.64. The lowest BCUT2D eigenvalue weighted by molar-refractivity contribution is 0.538. The van der Waals surface area contributed by atoms with E-state index in [0.29, 0.717) is 18.0 Å². The van der Waals surface area contributed by atoms with Gasteiger partial charge in [0.25, 0.3) is 0 Å². The van der Waals surface area contributed by atoms with Crippen LogP contribution in [0.4, 0.5) is 0 Å². The van der Waals surface area contributed by atoms with Gasteiger partial charge in [0.2, 0.25) is 10.0 Å². The summed E-state index contributed by atoms with van der Waals surface area (Å²) in [6.45, 7) is 2.97. The maximum Gasteiger partial charge on any atom is 0.240 e. The summed E-state index contributed by atoms with van der Waals surface area (Å²) in [7, 11) is -3.45. The van der Waals surface area contributed by atoms with E-state index < -0.39 is 10.0 Å². The van der Waals surface area contributed by atoms with Crippen molar-refractivity contribution in [1.82, 2.24) is 14.5 Å². The highest BCUT2D eigenvalue weighted by atomic mass is 32.2. The summed E-state index contributed by atoms with van der Waals surface area (Å²) in [5.74, 6) is 0. The quantitative estimate of drug-likeness (QED) is 0.882. The van der Waals surface area contributed by atoms with Crippen LogP contribution in [0.2, 0.25) is 0 Å². The zero-order valence-corrected chi connectivity index (χ0v) is 14.3. The van der Waals surface area contributed by atoms with Crippen LogP contribution in [0.5, 0.6) is 0 Å². The van der Waals surface area contributed by atoms with Gasteiger partial charge in [0.05, 0.1) is 17.6 Å². The molecule has 23 heavy (non-hydrogen) atoms. The lowest BCUT2D eigenvalue weighted by Crippen LogP contribution is -2.28. The van der Waals surface area contributed by atoms with Crippen LogP contribution in [0.15, 0.2) is 35.4 Å². The number of hydrogen-bond acceptors (Lipinski definition) is 3. The topological polar surface area (TPSA) is 64.0 Å². The molecule has 2 aromatic rings. The van der Waals surface area contributed by atoms with Gasteiger partial charge in [-0.25, -0.2) is 13.1 Å². The predicted octanol–water partition coefficient (Wildman–Crippen LogP) is 2.30. The molecule has 1 N–H and O–H groups in total. The van der Waals surface area contributed by atoms with Crippen molar-refractivity contribution in [3.63, 3.8) is 0 Å². The van der Waals surface area contributed by atoms with E-state index >= 15 is 0 Å². The highest BCUT2D eigenvalue weighted by Gasteiger charge is 2.16. The number of aryl methyl sites for hydroxylation is 2. The molecule has 6 heteroatoms. The summed E-state index contributed by atoms with van der Waals surface area (Å²) in [5, 5.41) is 4.39. The molecule has 1 aromatic heterocycles. The maximum absolute atomic E-state index is 12.3. The predicted molar refractivity (Wildman–Crippen MR) is 89.9 cm³/mol. The number of nitrogens with one attached hydrogen (secondary N) is 1. The van der Waals surface area contributed by atoms with Crippen molar-refractivity contribution >= 4 is 10.0 Å². The number of benzene rings is 1. The molecule has 3 rings (SSSR count). The second-order valence-corrected chi connectivity index (χ2v) is 7.71. The zero-order valence-electron chi connectivity index (χ0n) is 13.5. The van der Waals surface area contributed by atoms with Crippen molar-refractivity contribution in [3.05, 3.63) is 47.3 Å². The van der Waals surface area contributed by atoms with Gasteiger partial charge in [0.15, 0.2) is 0 Å². The van der Waals surface area contributed by atoms with E-state index in [-0.39, 0.29) is 0 Å². The van der Waals surface area contributed by atoms with E-state index in [1.165, 1.54) is 24.1 Å². The molecule has 0 aliphatic heterocycles. The summed E-state index contributed by atoms with van der Waals surface area (Å²) in [4.78, 5) is 0.317. The van der Waals surface area contributed by atoms with Gasteiger partial charge < -0.3 is 0 Å². The molecule has 124 valence electrons. The third-order valence-electron chi connectivity index (χ3n) is 4.40. The van der Waals surface area contributed by atoms with Gasteiger partial charge in [0.1, 0.15) is 0 Å². The first-order valence-corrected chi connectivity index (χ1v) is 9.70. The molecular weight excluding hydrogens is 310 g/mol. The molecule has 0 bridgehead atoms. The Hall–Kier alpha value is -1.66. The lowest BCUT2D eigenvalue weighted by Gasteiger charge is -2.14. The van der Waals surface area contributed by atoms with Crippen LogP contribution >= 0.6 is 0 Å². The summed E-state index contributed by atoms with van der Waals surface area (Å²) in [5.41, 5.74) is 3.71. The number of nitrogens with zero attached hydrogens (tertiary/aromatic N) is 2. The van der Waals surface area contributed by atoms with Gasteiger partial charge in [-0.15, -0.1) is 0 Å². The Labute approximate surface area is 137 Å². The summed E-state index contributed by atoms with van der Waals surface area (Å²) in [6, 6.07) is 7.05. The standard InChI is InChI=1S/C17H23N3O2S/c1-2-14-7-9-16(10-8-14)23(21,22)19-11-12-20-17-6-4-3-5-15(17)13-18-20/h7-10,13,19H,2-6,11-12H2,1H3. The number of aromatic nitrogens is 2. The van der Waals surface area contributed by atoms with Gasteiger partial charge in [0, 0.05) is 12.2 Å². The molecule has 0 saturated heterocycles. The molecule has 1 aliphatic carbocycles. The molecule has 1 aliphatic rings. The van der Waals surface area contributed by atoms with Crippen molar-refractivity contribution in [1.29, 1.82) is 0 Å². The second kappa shape index (κ2) is 6.84. The monoisotopic (exact) mass is 333 g/mol. The minimum Gasteiger partial charge on any atom is -0.268 e. The smallest absolute Gasteiger partial charge is 0.240 e. The zero-order chi connectivity index (χ0) is 16.3. The van der Waals surface area contributed by atoms with Gasteiger partial charge in [-0.1, -0.05) is 19.1 Å². The number of rotatable bonds is 6. The Kier molecular flexibility index (Phi) is 4.82. The molecule has 0 amide bonds. The maximum atomic E-state index is 12.3. The molecule has 0 spiro atoms. The van der Waals surface area contributed by atoms with Gasteiger partial charge >= 0.3 is 0 Å². The fraction of sp³-hybridized carbons (Fsp3) is 0.471. The van der Waals surface area contributed by atoms with Crippen molar-refractivity contribution < 1.29 is 8.42 Å². The minimum atomic E-state index is -3.45. The molecule has 0 fully saturated rings. The van der Waals surface area contributed by atoms with E-state index in [1.807, 2.05) is 29.9 Å². The molecule has 0 saturated carbocycles. The largest absolute Gasteiger partial charge is 0.268 e. The van der Waals surface area contributed by atoms with Crippen LogP contribution in [-0.4, -0.2) is 24.7 Å². The van der Waals surface area contributed by atoms with Crippen LogP contribution in [0.25, 0.3) is 0 Å². The highest BCUT2D eigenvalue weighted by molar-refractivity contribution is 7.89. The van der Waals surface area contributed by atoms with Crippen molar-refractivity contribution in [2.45, 2.75) is 50.5 Å². The van der Waals surface area contributed by atoms with Crippen LogP contribution in [0.3, 0.4) is 0 Å². The summed E-state index contributed by atoms with van der Waals surface area (Å²) < 4.78 is 29.2. The van der Waals surface area contributed by atoms with Crippen molar-refractivity contribution in [2.75, 3.05) is 6.54 Å². The first kappa shape index (κ1) is 16.2. The van der Waals surface area contributed by atoms with Crippen LogP contribution < -0.4 is 4.72 Å². The van der Waals surface area contributed by atoms with Crippen molar-refractivity contribution in [2.24, 2.45) is 0 Å². The molecule has 0 unspecified atom stereocenters. The Balaban J connectivity index is 1.62. The van der Waals surface area contributed by atoms with E-state index in [4.69, 9.17) is 0 Å². The Morgan fingerprint density at radius 3 is 2.65 bits per heavy atom. The van der Waals surface area contributed by atoms with Gasteiger partial charge in [-0.2, -0.15) is 5.10 Å². The first-order chi connectivity index (χ1) is 11.1. The lowest BCUT2D eigenvalue weighted by atomic mass is 9.98. The van der Waals surface area contributed by atoms with Crippen LogP contribution in [0, 0.1) is 0 Å². The Bertz CT molecular complexity index is 764. The Morgan fingerprint density at radius 1 is 1.17 bits per heavy atom. The van der Waals surface area contributed by atoms with Crippen molar-refractivity contribution in [3.8, 4) is 0 Å². The van der Waals surface area contributed by atoms with E-state index in [2.05, 4.69) is 9.82 Å². The second-order valence-electron chi connectivity index (χ2n) is 5.94. The number of fused-ring (bicyclic) bond motifs is 1. The molecule has 0 radical (unpaired) electrons. The van der Waals surface area contributed by atoms with E-state index in [9.17, 15) is 8.42 Å². The fourth-order valence-corrected chi connectivity index (χ4v) is 4.04. The van der Waals surface area contributed by atoms with Gasteiger partial charge in [-0.05, 0) is 55.4 Å². The number of hydrogen-bond donors (Lipinski definition) is 1. The Morgan fingerprint density at radius 2 is 1.91 bits per heavy atom. The molecule has 5 nitrogen and oxygen atoms in total. The minimum absolute atomic E-state index is 0.317. The molecular formula is C17H23N3O2S. The highest BCUT2D eigenvalue weighted by Crippen LogP contribution is 2.20. The summed E-state index contributed by atoms with van der Waals surface area (Å²) >= 11 is 0. The van der Waals surface area contributed by atoms with E-state index in [1.54, 1.807) is 12.1 Å². The van der Waals surface area contributed by atoms with Gasteiger partial charge in [-0.3, -0.25) is 4.68 Å². The summed E-state index contributed by atoms with van der Waals surface area (Å²) in [6.07, 6.45) is 7.36. The van der Waals surface area contributed by atoms with E-state index in [0.717, 1.165) is 24.8 Å².